The van der Waals surface area contributed by atoms with Gasteiger partial charge in [0, 0.05) is 11.1 Å². The van der Waals surface area contributed by atoms with E-state index in [4.69, 9.17) is 18.3 Å². The fraction of sp³-hybridized carbons (Fsp3) is 0.571. The molecular formula is C14H24O6Si. The first kappa shape index (κ1) is 19.6. The Morgan fingerprint density at radius 3 is 1.43 bits per heavy atom. The highest BCUT2D eigenvalue weighted by molar-refractivity contribution is 6.64. The summed E-state index contributed by atoms with van der Waals surface area (Å²) < 4.78 is 20.9. The summed E-state index contributed by atoms with van der Waals surface area (Å²) in [5.41, 5.74) is 0.698. The third-order valence-corrected chi connectivity index (χ3v) is 4.03. The molecule has 0 heterocycles. The molecule has 0 unspecified atom stereocenters. The standard InChI is InChI=1S/C14H24O6Si/c1-11(2)13(15)17-7-9-19-21(5,6)20-10-8-18-14(16)12(3)4/h1,3,7-10H2,2,4-6H3. The largest absolute Gasteiger partial charge is 0.460 e. The van der Waals surface area contributed by atoms with Gasteiger partial charge in [0.05, 0.1) is 13.2 Å². The van der Waals surface area contributed by atoms with Gasteiger partial charge in [0.15, 0.2) is 0 Å². The van der Waals surface area contributed by atoms with Gasteiger partial charge in [-0.15, -0.1) is 0 Å². The van der Waals surface area contributed by atoms with Crippen molar-refractivity contribution >= 4 is 20.5 Å². The monoisotopic (exact) mass is 316 g/mol. The number of ether oxygens (including phenoxy) is 2. The summed E-state index contributed by atoms with van der Waals surface area (Å²) in [6, 6.07) is 0. The predicted molar refractivity (Wildman–Crippen MR) is 80.9 cm³/mol. The smallest absolute Gasteiger partial charge is 0.333 e. The Hall–Kier alpha value is -1.44. The molecule has 21 heavy (non-hydrogen) atoms. The van der Waals surface area contributed by atoms with Crippen LogP contribution in [0.2, 0.25) is 13.1 Å². The summed E-state index contributed by atoms with van der Waals surface area (Å²) in [6.07, 6.45) is 0. The molecule has 0 radical (unpaired) electrons. The Balaban J connectivity index is 3.78. The Morgan fingerprint density at radius 1 is 0.810 bits per heavy atom. The molecule has 0 atom stereocenters. The van der Waals surface area contributed by atoms with E-state index in [1.807, 2.05) is 13.1 Å². The summed E-state index contributed by atoms with van der Waals surface area (Å²) in [7, 11) is -2.33. The van der Waals surface area contributed by atoms with Crippen LogP contribution < -0.4 is 0 Å². The Kier molecular flexibility index (Phi) is 8.83. The van der Waals surface area contributed by atoms with Crippen molar-refractivity contribution in [2.75, 3.05) is 26.4 Å². The van der Waals surface area contributed by atoms with Gasteiger partial charge in [0.2, 0.25) is 0 Å². The molecule has 0 aliphatic carbocycles. The van der Waals surface area contributed by atoms with Crippen molar-refractivity contribution < 1.29 is 27.9 Å². The first-order chi connectivity index (χ1) is 9.65. The normalized spacial score (nSPS) is 10.9. The van der Waals surface area contributed by atoms with Crippen LogP contribution in [0.3, 0.4) is 0 Å². The summed E-state index contributed by atoms with van der Waals surface area (Å²) >= 11 is 0. The zero-order chi connectivity index (χ0) is 16.5. The van der Waals surface area contributed by atoms with Crippen molar-refractivity contribution in [1.29, 1.82) is 0 Å². The molecule has 0 N–H and O–H groups in total. The van der Waals surface area contributed by atoms with Crippen molar-refractivity contribution in [1.82, 2.24) is 0 Å². The number of esters is 2. The fourth-order valence-corrected chi connectivity index (χ4v) is 2.36. The molecule has 0 aliphatic rings. The zero-order valence-electron chi connectivity index (χ0n) is 13.2. The highest BCUT2D eigenvalue weighted by Gasteiger charge is 2.24. The van der Waals surface area contributed by atoms with E-state index in [0.29, 0.717) is 11.1 Å². The first-order valence-electron chi connectivity index (χ1n) is 6.59. The lowest BCUT2D eigenvalue weighted by Crippen LogP contribution is -2.37. The van der Waals surface area contributed by atoms with Crippen LogP contribution in [-0.4, -0.2) is 46.9 Å². The van der Waals surface area contributed by atoms with Gasteiger partial charge in [-0.2, -0.15) is 0 Å². The molecule has 0 amide bonds. The molecular weight excluding hydrogens is 292 g/mol. The number of rotatable bonds is 10. The molecule has 0 saturated carbocycles. The molecule has 0 bridgehead atoms. The minimum Gasteiger partial charge on any atom is -0.460 e. The molecule has 0 aromatic carbocycles. The fourth-order valence-electron chi connectivity index (χ4n) is 1.13. The molecule has 7 heteroatoms. The Morgan fingerprint density at radius 2 is 1.14 bits per heavy atom. The van der Waals surface area contributed by atoms with Crippen LogP contribution in [0, 0.1) is 0 Å². The van der Waals surface area contributed by atoms with Crippen LogP contribution in [0.25, 0.3) is 0 Å². The molecule has 6 nitrogen and oxygen atoms in total. The van der Waals surface area contributed by atoms with Crippen molar-refractivity contribution in [3.8, 4) is 0 Å². The number of carbonyl (C=O) groups excluding carboxylic acids is 2. The molecule has 0 saturated heterocycles. The first-order valence-corrected chi connectivity index (χ1v) is 9.40. The zero-order valence-corrected chi connectivity index (χ0v) is 14.2. The van der Waals surface area contributed by atoms with Crippen LogP contribution in [0.5, 0.6) is 0 Å². The molecule has 0 aromatic heterocycles. The van der Waals surface area contributed by atoms with E-state index in [1.54, 1.807) is 13.8 Å². The minimum absolute atomic E-state index is 0.149. The van der Waals surface area contributed by atoms with E-state index >= 15 is 0 Å². The number of carbonyl (C=O) groups is 2. The predicted octanol–water partition coefficient (Wildman–Crippen LogP) is 1.96. The van der Waals surface area contributed by atoms with Crippen LogP contribution in [0.15, 0.2) is 24.3 Å². The van der Waals surface area contributed by atoms with Gasteiger partial charge in [-0.05, 0) is 26.9 Å². The maximum Gasteiger partial charge on any atom is 0.333 e. The molecule has 120 valence electrons. The Labute approximate surface area is 127 Å². The van der Waals surface area contributed by atoms with Crippen molar-refractivity contribution in [2.45, 2.75) is 26.9 Å². The molecule has 0 aromatic rings. The second-order valence-electron chi connectivity index (χ2n) is 4.93. The van der Waals surface area contributed by atoms with E-state index in [1.165, 1.54) is 0 Å². The van der Waals surface area contributed by atoms with Crippen LogP contribution >= 0.6 is 0 Å². The van der Waals surface area contributed by atoms with E-state index in [0.717, 1.165) is 0 Å². The third kappa shape index (κ3) is 10.00. The lowest BCUT2D eigenvalue weighted by atomic mass is 10.4. The summed E-state index contributed by atoms with van der Waals surface area (Å²) in [4.78, 5) is 22.3. The maximum atomic E-state index is 11.1. The van der Waals surface area contributed by atoms with Crippen LogP contribution in [0.4, 0.5) is 0 Å². The third-order valence-electron chi connectivity index (χ3n) is 2.23. The topological polar surface area (TPSA) is 71.1 Å². The van der Waals surface area contributed by atoms with Crippen LogP contribution in [0.1, 0.15) is 13.8 Å². The highest BCUT2D eigenvalue weighted by atomic mass is 28.4. The van der Waals surface area contributed by atoms with Gasteiger partial charge in [0.25, 0.3) is 0 Å². The average molecular weight is 316 g/mol. The van der Waals surface area contributed by atoms with Crippen molar-refractivity contribution in [2.24, 2.45) is 0 Å². The van der Waals surface area contributed by atoms with Gasteiger partial charge in [-0.1, -0.05) is 13.2 Å². The van der Waals surface area contributed by atoms with E-state index in [-0.39, 0.29) is 26.4 Å². The van der Waals surface area contributed by atoms with E-state index < -0.39 is 20.5 Å². The molecule has 0 aliphatic heterocycles. The molecule has 0 rings (SSSR count). The lowest BCUT2D eigenvalue weighted by molar-refractivity contribution is -0.140. The second-order valence-corrected chi connectivity index (χ2v) is 8.31. The van der Waals surface area contributed by atoms with Gasteiger partial charge in [-0.3, -0.25) is 0 Å². The van der Waals surface area contributed by atoms with Gasteiger partial charge < -0.3 is 18.3 Å². The summed E-state index contributed by atoms with van der Waals surface area (Å²) in [5.74, 6) is -0.878. The average Bonchev–Trinajstić information content (AvgIpc) is 2.38. The van der Waals surface area contributed by atoms with Gasteiger partial charge in [0.1, 0.15) is 13.2 Å². The Bertz CT molecular complexity index is 366. The van der Waals surface area contributed by atoms with Gasteiger partial charge >= 0.3 is 20.5 Å². The van der Waals surface area contributed by atoms with Gasteiger partial charge in [-0.25, -0.2) is 9.59 Å². The molecule has 0 fully saturated rings. The number of hydrogen-bond acceptors (Lipinski definition) is 6. The minimum atomic E-state index is -2.33. The summed E-state index contributed by atoms with van der Waals surface area (Å²) in [6.45, 7) is 14.6. The summed E-state index contributed by atoms with van der Waals surface area (Å²) in [5, 5.41) is 0. The SMILES string of the molecule is C=C(C)C(=O)OCCO[Si](C)(C)OCCOC(=O)C(=C)C. The maximum absolute atomic E-state index is 11.1. The highest BCUT2D eigenvalue weighted by Crippen LogP contribution is 2.06. The number of hydrogen-bond donors (Lipinski definition) is 0. The second kappa shape index (κ2) is 9.49. The van der Waals surface area contributed by atoms with E-state index in [2.05, 4.69) is 13.2 Å². The quantitative estimate of drug-likeness (QED) is 0.265. The van der Waals surface area contributed by atoms with Crippen molar-refractivity contribution in [3.63, 3.8) is 0 Å². The van der Waals surface area contributed by atoms with E-state index in [9.17, 15) is 9.59 Å². The molecule has 0 spiro atoms. The lowest BCUT2D eigenvalue weighted by Gasteiger charge is -2.22. The van der Waals surface area contributed by atoms with Crippen molar-refractivity contribution in [3.05, 3.63) is 24.3 Å². The van der Waals surface area contributed by atoms with Crippen LogP contribution in [-0.2, 0) is 27.9 Å².